The number of carboxylic acid groups (broad SMARTS) is 1. The van der Waals surface area contributed by atoms with Crippen LogP contribution in [0.1, 0.15) is 40.0 Å². The Kier molecular flexibility index (Phi) is 6.96. The van der Waals surface area contributed by atoms with E-state index in [9.17, 15) is 14.7 Å². The number of benzene rings is 3. The highest BCUT2D eigenvalue weighted by molar-refractivity contribution is 6.05. The molecule has 0 saturated heterocycles. The summed E-state index contributed by atoms with van der Waals surface area (Å²) in [5.41, 5.74) is 8.74. The van der Waals surface area contributed by atoms with Gasteiger partial charge in [0.05, 0.1) is 23.8 Å². The summed E-state index contributed by atoms with van der Waals surface area (Å²) < 4.78 is 20.9. The van der Waals surface area contributed by atoms with Crippen LogP contribution in [-0.2, 0) is 11.3 Å². The van der Waals surface area contributed by atoms with E-state index in [0.717, 1.165) is 16.8 Å². The second-order valence-electron chi connectivity index (χ2n) is 9.07. The zero-order valence-corrected chi connectivity index (χ0v) is 20.7. The third-order valence-corrected chi connectivity index (χ3v) is 6.54. The fraction of sp³-hybridized carbons (Fsp3) is 0.161. The molecule has 0 saturated carbocycles. The molecule has 3 aromatic carbocycles. The number of amides is 1. The Hall–Kier alpha value is -4.83. The molecule has 2 aliphatic rings. The second-order valence-corrected chi connectivity index (χ2v) is 9.07. The maximum Gasteiger partial charge on any atom is 0.337 e. The lowest BCUT2D eigenvalue weighted by molar-refractivity contribution is -0.132. The number of carbonyl (C=O) groups is 2. The Bertz CT molecular complexity index is 1550. The van der Waals surface area contributed by atoms with Crippen LogP contribution < -0.4 is 15.0 Å². The summed E-state index contributed by atoms with van der Waals surface area (Å²) in [4.78, 5) is 26.5. The van der Waals surface area contributed by atoms with Crippen LogP contribution in [0.5, 0.6) is 5.75 Å². The van der Waals surface area contributed by atoms with Crippen molar-refractivity contribution in [1.29, 1.82) is 0 Å². The summed E-state index contributed by atoms with van der Waals surface area (Å²) >= 11 is 0. The molecule has 5 rings (SSSR count). The predicted molar refractivity (Wildman–Crippen MR) is 142 cm³/mol. The minimum atomic E-state index is -1.15. The Morgan fingerprint density at radius 1 is 1.13 bits per heavy atom. The molecule has 0 unspecified atom stereocenters. The Morgan fingerprint density at radius 2 is 1.95 bits per heavy atom. The van der Waals surface area contributed by atoms with Gasteiger partial charge in [0.25, 0.3) is 5.91 Å². The molecule has 0 spiro atoms. The van der Waals surface area contributed by atoms with Crippen LogP contribution in [0.3, 0.4) is 0 Å². The lowest BCUT2D eigenvalue weighted by Gasteiger charge is -2.31. The summed E-state index contributed by atoms with van der Waals surface area (Å²) in [7, 11) is 0. The molecule has 1 amide bonds. The molecule has 1 atom stereocenters. The van der Waals surface area contributed by atoms with Gasteiger partial charge in [-0.25, -0.2) is 9.18 Å². The molecule has 190 valence electrons. The van der Waals surface area contributed by atoms with Crippen LogP contribution in [0, 0.1) is 5.82 Å². The van der Waals surface area contributed by atoms with E-state index >= 15 is 4.39 Å². The highest BCUT2D eigenvalue weighted by atomic mass is 19.1. The van der Waals surface area contributed by atoms with E-state index in [1.165, 1.54) is 18.2 Å². The number of allylic oxidation sites excluding steroid dienone is 2. The van der Waals surface area contributed by atoms with Crippen molar-refractivity contribution in [2.75, 3.05) is 18.1 Å². The van der Waals surface area contributed by atoms with E-state index < -0.39 is 11.8 Å². The minimum absolute atomic E-state index is 0.0319. The summed E-state index contributed by atoms with van der Waals surface area (Å²) in [5, 5.41) is 12.4. The minimum Gasteiger partial charge on any atom is -0.490 e. The van der Waals surface area contributed by atoms with Crippen LogP contribution in [0.2, 0.25) is 0 Å². The normalized spacial score (nSPS) is 14.6. The van der Waals surface area contributed by atoms with Gasteiger partial charge in [-0.15, -0.1) is 0 Å². The molecule has 0 fully saturated rings. The number of nitrogens with one attached hydrogen (secondary N) is 1. The van der Waals surface area contributed by atoms with Gasteiger partial charge in [-0.2, -0.15) is 0 Å². The van der Waals surface area contributed by atoms with Crippen molar-refractivity contribution in [3.63, 3.8) is 0 Å². The van der Waals surface area contributed by atoms with Crippen LogP contribution in [0.25, 0.3) is 5.57 Å². The smallest absolute Gasteiger partial charge is 0.337 e. The molecular formula is C31H25FN2O4. The van der Waals surface area contributed by atoms with Gasteiger partial charge in [0.2, 0.25) is 0 Å². The number of nitrogens with zero attached hydrogens (tertiary/aromatic N) is 1. The third-order valence-electron chi connectivity index (χ3n) is 6.54. The van der Waals surface area contributed by atoms with Crippen molar-refractivity contribution < 1.29 is 23.8 Å². The SMILES string of the molecule is C[C@H](NC(=O)c1ccc2c(c1)OCCN2Cc1ccc(C2=C=C=CC=C2C(=O)O)c(F)c1)c1ccccc1. The molecule has 0 aromatic heterocycles. The first-order chi connectivity index (χ1) is 18.4. The lowest BCUT2D eigenvalue weighted by Crippen LogP contribution is -2.32. The van der Waals surface area contributed by atoms with Gasteiger partial charge >= 0.3 is 5.97 Å². The number of hydrogen-bond donors (Lipinski definition) is 2. The average Bonchev–Trinajstić information content (AvgIpc) is 2.93. The number of carboxylic acids is 1. The Balaban J connectivity index is 1.32. The fourth-order valence-corrected chi connectivity index (χ4v) is 4.55. The van der Waals surface area contributed by atoms with Crippen molar-refractivity contribution in [2.45, 2.75) is 19.5 Å². The monoisotopic (exact) mass is 508 g/mol. The first-order valence-electron chi connectivity index (χ1n) is 12.2. The van der Waals surface area contributed by atoms with Gasteiger partial charge in [0.15, 0.2) is 0 Å². The Labute approximate surface area is 219 Å². The molecule has 1 heterocycles. The van der Waals surface area contributed by atoms with Crippen molar-refractivity contribution in [3.05, 3.63) is 124 Å². The summed E-state index contributed by atoms with van der Waals surface area (Å²) in [6.07, 6.45) is 2.82. The molecule has 0 bridgehead atoms. The third kappa shape index (κ3) is 5.16. The van der Waals surface area contributed by atoms with E-state index in [4.69, 9.17) is 4.74 Å². The maximum absolute atomic E-state index is 15.1. The van der Waals surface area contributed by atoms with E-state index in [-0.39, 0.29) is 28.7 Å². The van der Waals surface area contributed by atoms with Crippen LogP contribution in [-0.4, -0.2) is 30.1 Å². The molecule has 7 heteroatoms. The number of aliphatic carboxylic acids is 1. The molecule has 0 radical (unpaired) electrons. The standard InChI is InChI=1S/C31H25FN2O4/c1-20(22-7-3-2-4-8-22)33-30(35)23-12-14-28-29(18-23)38-16-15-34(28)19-21-11-13-25(27(32)17-21)24-9-5-6-10-26(24)31(36)37/h2-4,6-8,10-14,17-18,20H,15-16,19H2,1H3,(H,33,35)(H,36,37)/t20-/m0/s1. The molecule has 38 heavy (non-hydrogen) atoms. The maximum atomic E-state index is 15.1. The molecule has 6 nitrogen and oxygen atoms in total. The topological polar surface area (TPSA) is 78.9 Å². The zero-order chi connectivity index (χ0) is 26.6. The van der Waals surface area contributed by atoms with Crippen LogP contribution >= 0.6 is 0 Å². The summed E-state index contributed by atoms with van der Waals surface area (Å²) in [5.74, 6) is -1.29. The Morgan fingerprint density at radius 3 is 2.71 bits per heavy atom. The van der Waals surface area contributed by atoms with Crippen LogP contribution in [0.4, 0.5) is 10.1 Å². The van der Waals surface area contributed by atoms with E-state index in [1.807, 2.05) is 43.3 Å². The van der Waals surface area contributed by atoms with Crippen LogP contribution in [0.15, 0.2) is 95.9 Å². The lowest BCUT2D eigenvalue weighted by atomic mass is 9.95. The highest BCUT2D eigenvalue weighted by Gasteiger charge is 2.23. The summed E-state index contributed by atoms with van der Waals surface area (Å²) in [6.45, 7) is 3.37. The van der Waals surface area contributed by atoms with Crippen molar-refractivity contribution in [1.82, 2.24) is 5.32 Å². The molecule has 2 N–H and O–H groups in total. The molecule has 1 aliphatic carbocycles. The largest absolute Gasteiger partial charge is 0.490 e. The van der Waals surface area contributed by atoms with E-state index in [0.29, 0.717) is 31.0 Å². The molecular weight excluding hydrogens is 483 g/mol. The predicted octanol–water partition coefficient (Wildman–Crippen LogP) is 5.43. The first kappa shape index (κ1) is 24.8. The van der Waals surface area contributed by atoms with Crippen molar-refractivity contribution in [2.24, 2.45) is 0 Å². The molecule has 1 aliphatic heterocycles. The number of carbonyl (C=O) groups excluding carboxylic acids is 1. The van der Waals surface area contributed by atoms with Gasteiger partial charge in [-0.05, 0) is 54.5 Å². The van der Waals surface area contributed by atoms with E-state index in [1.54, 1.807) is 24.3 Å². The van der Waals surface area contributed by atoms with Crippen molar-refractivity contribution in [3.8, 4) is 5.75 Å². The number of rotatable bonds is 7. The second kappa shape index (κ2) is 10.7. The number of fused-ring (bicyclic) bond motifs is 1. The van der Waals surface area contributed by atoms with Gasteiger partial charge in [-0.3, -0.25) is 4.79 Å². The van der Waals surface area contributed by atoms with Crippen molar-refractivity contribution >= 4 is 23.1 Å². The zero-order valence-electron chi connectivity index (χ0n) is 20.7. The first-order valence-corrected chi connectivity index (χ1v) is 12.2. The number of ether oxygens (including phenoxy) is 1. The van der Waals surface area contributed by atoms with Gasteiger partial charge < -0.3 is 20.1 Å². The van der Waals surface area contributed by atoms with Gasteiger partial charge in [0.1, 0.15) is 18.2 Å². The van der Waals surface area contributed by atoms with Gasteiger partial charge in [0, 0.05) is 23.2 Å². The number of hydrogen-bond acceptors (Lipinski definition) is 4. The highest BCUT2D eigenvalue weighted by Crippen LogP contribution is 2.34. The average molecular weight is 509 g/mol. The van der Waals surface area contributed by atoms with E-state index in [2.05, 4.69) is 21.7 Å². The fourth-order valence-electron chi connectivity index (χ4n) is 4.55. The number of anilines is 1. The molecule has 3 aromatic rings. The number of halogens is 1. The quantitative estimate of drug-likeness (QED) is 0.416. The summed E-state index contributed by atoms with van der Waals surface area (Å²) in [6, 6.07) is 19.7. The van der Waals surface area contributed by atoms with Gasteiger partial charge in [-0.1, -0.05) is 53.9 Å².